The first-order chi connectivity index (χ1) is 6.81. The van der Waals surface area contributed by atoms with Gasteiger partial charge >= 0.3 is 0 Å². The molecule has 1 amide bonds. The summed E-state index contributed by atoms with van der Waals surface area (Å²) in [5.74, 6) is 0.157. The summed E-state index contributed by atoms with van der Waals surface area (Å²) >= 11 is 0. The number of amides is 1. The summed E-state index contributed by atoms with van der Waals surface area (Å²) in [6, 6.07) is 0. The fourth-order valence-electron chi connectivity index (χ4n) is 1.96. The summed E-state index contributed by atoms with van der Waals surface area (Å²) in [7, 11) is 0. The summed E-state index contributed by atoms with van der Waals surface area (Å²) in [5, 5.41) is 3.29. The highest BCUT2D eigenvalue weighted by Crippen LogP contribution is 2.25. The second-order valence-electron chi connectivity index (χ2n) is 5.32. The molecule has 3 heteroatoms. The van der Waals surface area contributed by atoms with Gasteiger partial charge in [0.25, 0.3) is 0 Å². The number of nitrogens with zero attached hydrogens (tertiary/aromatic N) is 1. The lowest BCUT2D eigenvalue weighted by Crippen LogP contribution is -2.55. The van der Waals surface area contributed by atoms with Gasteiger partial charge in [-0.3, -0.25) is 4.79 Å². The number of rotatable bonds is 2. The molecule has 0 aromatic heterocycles. The third kappa shape index (κ3) is 2.40. The molecule has 1 aliphatic rings. The molecular weight excluding hydrogens is 188 g/mol. The largest absolute Gasteiger partial charge is 0.332 e. The molecule has 0 unspecified atom stereocenters. The van der Waals surface area contributed by atoms with Gasteiger partial charge in [0, 0.05) is 12.1 Å². The van der Waals surface area contributed by atoms with Gasteiger partial charge in [0.05, 0.1) is 5.54 Å². The molecule has 0 radical (unpaired) electrons. The number of carbonyl (C=O) groups is 1. The van der Waals surface area contributed by atoms with Crippen LogP contribution in [0.5, 0.6) is 0 Å². The third-order valence-corrected chi connectivity index (χ3v) is 3.13. The van der Waals surface area contributed by atoms with Crippen molar-refractivity contribution in [3.8, 4) is 0 Å². The Balaban J connectivity index is 3.01. The molecule has 0 aliphatic carbocycles. The first-order valence-electron chi connectivity index (χ1n) is 5.49. The molecule has 15 heavy (non-hydrogen) atoms. The highest BCUT2D eigenvalue weighted by molar-refractivity contribution is 5.86. The number of hydrogen-bond acceptors (Lipinski definition) is 2. The minimum Gasteiger partial charge on any atom is -0.332 e. The van der Waals surface area contributed by atoms with Crippen LogP contribution in [0.25, 0.3) is 0 Å². The second-order valence-corrected chi connectivity index (χ2v) is 5.32. The van der Waals surface area contributed by atoms with Gasteiger partial charge in [0.2, 0.25) is 5.91 Å². The minimum absolute atomic E-state index is 0.0912. The van der Waals surface area contributed by atoms with Crippen molar-refractivity contribution in [3.63, 3.8) is 0 Å². The molecule has 1 N–H and O–H groups in total. The van der Waals surface area contributed by atoms with E-state index in [1.54, 1.807) is 6.08 Å². The monoisotopic (exact) mass is 210 g/mol. The molecule has 3 nitrogen and oxygen atoms in total. The fraction of sp³-hybridized carbons (Fsp3) is 0.750. The van der Waals surface area contributed by atoms with Gasteiger partial charge in [0.15, 0.2) is 0 Å². The Morgan fingerprint density at radius 3 is 2.60 bits per heavy atom. The molecule has 0 spiro atoms. The molecule has 0 bridgehead atoms. The van der Waals surface area contributed by atoms with E-state index in [0.717, 1.165) is 13.0 Å². The molecule has 0 aromatic carbocycles. The van der Waals surface area contributed by atoms with Crippen LogP contribution in [0.1, 0.15) is 34.1 Å². The van der Waals surface area contributed by atoms with Crippen LogP contribution in [0, 0.1) is 0 Å². The topological polar surface area (TPSA) is 32.3 Å². The zero-order chi connectivity index (χ0) is 11.7. The van der Waals surface area contributed by atoms with Crippen LogP contribution in [0.2, 0.25) is 0 Å². The molecule has 1 rings (SSSR count). The van der Waals surface area contributed by atoms with E-state index in [2.05, 4.69) is 25.7 Å². The van der Waals surface area contributed by atoms with E-state index in [0.29, 0.717) is 6.54 Å². The van der Waals surface area contributed by atoms with E-state index in [9.17, 15) is 4.79 Å². The third-order valence-electron chi connectivity index (χ3n) is 3.13. The van der Waals surface area contributed by atoms with Crippen LogP contribution in [-0.4, -0.2) is 35.0 Å². The van der Waals surface area contributed by atoms with E-state index >= 15 is 0 Å². The lowest BCUT2D eigenvalue weighted by molar-refractivity contribution is -0.140. The molecule has 86 valence electrons. The van der Waals surface area contributed by atoms with Crippen molar-refractivity contribution in [2.45, 2.75) is 45.2 Å². The van der Waals surface area contributed by atoms with Crippen molar-refractivity contribution in [3.05, 3.63) is 12.7 Å². The Morgan fingerprint density at radius 2 is 2.07 bits per heavy atom. The first-order valence-corrected chi connectivity index (χ1v) is 5.49. The van der Waals surface area contributed by atoms with Crippen LogP contribution in [0.15, 0.2) is 12.7 Å². The zero-order valence-electron chi connectivity index (χ0n) is 10.3. The number of carbonyl (C=O) groups excluding carboxylic acids is 1. The molecule has 1 heterocycles. The molecule has 0 aromatic rings. The molecule has 1 aliphatic heterocycles. The van der Waals surface area contributed by atoms with Gasteiger partial charge in [-0.1, -0.05) is 6.08 Å². The maximum atomic E-state index is 12.3. The van der Waals surface area contributed by atoms with Crippen LogP contribution < -0.4 is 5.32 Å². The van der Waals surface area contributed by atoms with Gasteiger partial charge < -0.3 is 10.2 Å². The average Bonchev–Trinajstić information content (AvgIpc) is 2.17. The van der Waals surface area contributed by atoms with Gasteiger partial charge in [-0.05, 0) is 40.7 Å². The minimum atomic E-state index is -0.462. The first kappa shape index (κ1) is 12.2. The molecule has 0 atom stereocenters. The van der Waals surface area contributed by atoms with Gasteiger partial charge in [0.1, 0.15) is 0 Å². The van der Waals surface area contributed by atoms with Crippen LogP contribution in [0.4, 0.5) is 0 Å². The standard InChI is InChI=1S/C12H22N2O/c1-6-9-14-10(15)12(4,5)13-8-7-11(14,2)3/h6,13H,1,7-9H2,2-5H3. The Bertz CT molecular complexity index is 269. The van der Waals surface area contributed by atoms with Crippen molar-refractivity contribution < 1.29 is 4.79 Å². The summed E-state index contributed by atoms with van der Waals surface area (Å²) in [4.78, 5) is 14.2. The van der Waals surface area contributed by atoms with Crippen molar-refractivity contribution in [2.24, 2.45) is 0 Å². The van der Waals surface area contributed by atoms with E-state index in [1.807, 2.05) is 18.7 Å². The van der Waals surface area contributed by atoms with Gasteiger partial charge in [-0.25, -0.2) is 0 Å². The lowest BCUT2D eigenvalue weighted by Gasteiger charge is -2.38. The van der Waals surface area contributed by atoms with Crippen LogP contribution in [0.3, 0.4) is 0 Å². The quantitative estimate of drug-likeness (QED) is 0.701. The van der Waals surface area contributed by atoms with Crippen LogP contribution in [-0.2, 0) is 4.79 Å². The Morgan fingerprint density at radius 1 is 1.47 bits per heavy atom. The van der Waals surface area contributed by atoms with Crippen molar-refractivity contribution in [2.75, 3.05) is 13.1 Å². The van der Waals surface area contributed by atoms with E-state index in [-0.39, 0.29) is 11.4 Å². The van der Waals surface area contributed by atoms with Crippen LogP contribution >= 0.6 is 0 Å². The van der Waals surface area contributed by atoms with E-state index < -0.39 is 5.54 Å². The van der Waals surface area contributed by atoms with E-state index in [1.165, 1.54) is 0 Å². The SMILES string of the molecule is C=CCN1C(=O)C(C)(C)NCCC1(C)C. The summed E-state index contributed by atoms with van der Waals surface area (Å²) in [5.41, 5.74) is -0.553. The zero-order valence-corrected chi connectivity index (χ0v) is 10.3. The number of nitrogens with one attached hydrogen (secondary N) is 1. The van der Waals surface area contributed by atoms with Crippen molar-refractivity contribution in [1.82, 2.24) is 10.2 Å². The molecular formula is C12H22N2O. The second kappa shape index (κ2) is 3.97. The Kier molecular flexibility index (Phi) is 3.24. The Hall–Kier alpha value is -0.830. The summed E-state index contributed by atoms with van der Waals surface area (Å²) in [6.07, 6.45) is 2.76. The van der Waals surface area contributed by atoms with Crippen molar-refractivity contribution in [1.29, 1.82) is 0 Å². The highest BCUT2D eigenvalue weighted by Gasteiger charge is 2.40. The lowest BCUT2D eigenvalue weighted by atomic mass is 9.97. The van der Waals surface area contributed by atoms with Gasteiger partial charge in [-0.15, -0.1) is 6.58 Å². The van der Waals surface area contributed by atoms with Gasteiger partial charge in [-0.2, -0.15) is 0 Å². The predicted molar refractivity (Wildman–Crippen MR) is 62.7 cm³/mol. The summed E-state index contributed by atoms with van der Waals surface area (Å²) < 4.78 is 0. The maximum absolute atomic E-state index is 12.3. The normalized spacial score (nSPS) is 24.8. The fourth-order valence-corrected chi connectivity index (χ4v) is 1.96. The maximum Gasteiger partial charge on any atom is 0.243 e. The predicted octanol–water partition coefficient (Wildman–Crippen LogP) is 1.55. The van der Waals surface area contributed by atoms with Crippen molar-refractivity contribution >= 4 is 5.91 Å². The molecule has 0 saturated carbocycles. The molecule has 1 fully saturated rings. The average molecular weight is 210 g/mol. The summed E-state index contributed by atoms with van der Waals surface area (Å²) in [6.45, 7) is 13.3. The highest BCUT2D eigenvalue weighted by atomic mass is 16.2. The molecule has 1 saturated heterocycles. The van der Waals surface area contributed by atoms with E-state index in [4.69, 9.17) is 0 Å². The number of hydrogen-bond donors (Lipinski definition) is 1. The Labute approximate surface area is 92.5 Å². The smallest absolute Gasteiger partial charge is 0.243 e.